The van der Waals surface area contributed by atoms with Gasteiger partial charge in [-0.1, -0.05) is 11.2 Å². The first-order chi connectivity index (χ1) is 13.9. The highest BCUT2D eigenvalue weighted by atomic mass is 19.4. The van der Waals surface area contributed by atoms with E-state index >= 15 is 0 Å². The van der Waals surface area contributed by atoms with Gasteiger partial charge in [-0.2, -0.15) is 4.98 Å². The van der Waals surface area contributed by atoms with Crippen LogP contribution in [0.5, 0.6) is 5.75 Å². The zero-order valence-corrected chi connectivity index (χ0v) is 15.1. The minimum atomic E-state index is -4.75. The molecule has 0 bridgehead atoms. The first-order valence-electron chi connectivity index (χ1n) is 8.89. The first-order valence-corrected chi connectivity index (χ1v) is 8.89. The van der Waals surface area contributed by atoms with Gasteiger partial charge in [0, 0.05) is 24.8 Å². The molecule has 0 aliphatic carbocycles. The Morgan fingerprint density at radius 3 is 2.66 bits per heavy atom. The summed E-state index contributed by atoms with van der Waals surface area (Å²) in [5.41, 5.74) is 1.34. The summed E-state index contributed by atoms with van der Waals surface area (Å²) in [6.07, 6.45) is -3.14. The van der Waals surface area contributed by atoms with Crippen molar-refractivity contribution < 1.29 is 27.5 Å². The molecule has 152 valence electrons. The number of aromatic nitrogens is 3. The highest BCUT2D eigenvalue weighted by Crippen LogP contribution is 2.33. The topological polar surface area (TPSA) is 84.5 Å². The van der Waals surface area contributed by atoms with Crippen LogP contribution in [-0.2, 0) is 6.54 Å². The predicted octanol–water partition coefficient (Wildman–Crippen LogP) is 3.34. The van der Waals surface area contributed by atoms with Gasteiger partial charge < -0.3 is 14.4 Å². The van der Waals surface area contributed by atoms with Gasteiger partial charge in [-0.15, -0.1) is 13.2 Å². The Morgan fingerprint density at radius 2 is 1.97 bits per heavy atom. The van der Waals surface area contributed by atoms with Gasteiger partial charge in [0.25, 0.3) is 0 Å². The van der Waals surface area contributed by atoms with Gasteiger partial charge in [0.15, 0.2) is 0 Å². The molecule has 1 N–H and O–H groups in total. The van der Waals surface area contributed by atoms with E-state index in [4.69, 9.17) is 4.52 Å². The fraction of sp³-hybridized carbons (Fsp3) is 0.316. The molecule has 7 nitrogen and oxygen atoms in total. The number of aliphatic hydroxyl groups is 1. The van der Waals surface area contributed by atoms with Crippen LogP contribution in [0.2, 0.25) is 0 Å². The molecule has 29 heavy (non-hydrogen) atoms. The van der Waals surface area contributed by atoms with E-state index in [0.29, 0.717) is 31.0 Å². The van der Waals surface area contributed by atoms with E-state index in [1.165, 1.54) is 24.3 Å². The summed E-state index contributed by atoms with van der Waals surface area (Å²) >= 11 is 0. The number of hydrogen-bond donors (Lipinski definition) is 1. The Morgan fingerprint density at radius 1 is 1.17 bits per heavy atom. The number of nitrogens with zero attached hydrogens (tertiary/aromatic N) is 4. The molecule has 1 aliphatic rings. The second-order valence-electron chi connectivity index (χ2n) is 6.68. The lowest BCUT2D eigenvalue weighted by atomic mass is 10.2. The van der Waals surface area contributed by atoms with Crippen molar-refractivity contribution in [2.45, 2.75) is 31.5 Å². The smallest absolute Gasteiger partial charge is 0.406 e. The number of halogens is 3. The Bertz CT molecular complexity index is 947. The van der Waals surface area contributed by atoms with E-state index in [1.807, 2.05) is 23.1 Å². The molecule has 0 spiro atoms. The number of aliphatic hydroxyl groups excluding tert-OH is 1. The molecule has 1 aromatic carbocycles. The van der Waals surface area contributed by atoms with Gasteiger partial charge in [-0.05, 0) is 42.8 Å². The van der Waals surface area contributed by atoms with Gasteiger partial charge in [0.1, 0.15) is 5.75 Å². The molecule has 0 radical (unpaired) electrons. The summed E-state index contributed by atoms with van der Waals surface area (Å²) in [6.45, 7) is 0.964. The standard InChI is InChI=1S/C19H17F3N4O3/c20-19(21,22)28-15-6-4-12(5-7-15)17-24-18(29-25-17)16-9-14(27)11-26(16)10-13-3-1-2-8-23-13/h1-8,14,16,27H,9-11H2/t14-,16+/m1/s1. The Kier molecular flexibility index (Phi) is 5.20. The van der Waals surface area contributed by atoms with Crippen LogP contribution >= 0.6 is 0 Å². The highest BCUT2D eigenvalue weighted by Gasteiger charge is 2.36. The van der Waals surface area contributed by atoms with Crippen molar-refractivity contribution in [2.75, 3.05) is 6.54 Å². The lowest BCUT2D eigenvalue weighted by molar-refractivity contribution is -0.274. The van der Waals surface area contributed by atoms with E-state index in [-0.39, 0.29) is 17.6 Å². The van der Waals surface area contributed by atoms with Crippen molar-refractivity contribution in [2.24, 2.45) is 0 Å². The monoisotopic (exact) mass is 406 g/mol. The van der Waals surface area contributed by atoms with Crippen LogP contribution < -0.4 is 4.74 Å². The molecule has 3 aromatic rings. The quantitative estimate of drug-likeness (QED) is 0.696. The molecular formula is C19H17F3N4O3. The second-order valence-corrected chi connectivity index (χ2v) is 6.68. The molecule has 1 fully saturated rings. The summed E-state index contributed by atoms with van der Waals surface area (Å²) < 4.78 is 46.1. The lowest BCUT2D eigenvalue weighted by Gasteiger charge is -2.20. The number of likely N-dealkylation sites (tertiary alicyclic amines) is 1. The Labute approximate surface area is 163 Å². The van der Waals surface area contributed by atoms with Crippen molar-refractivity contribution >= 4 is 0 Å². The van der Waals surface area contributed by atoms with E-state index in [1.54, 1.807) is 6.20 Å². The second kappa shape index (κ2) is 7.80. The molecule has 10 heteroatoms. The number of hydrogen-bond acceptors (Lipinski definition) is 7. The molecule has 1 aliphatic heterocycles. The third-order valence-corrected chi connectivity index (χ3v) is 4.55. The summed E-state index contributed by atoms with van der Waals surface area (Å²) in [4.78, 5) is 10.7. The van der Waals surface area contributed by atoms with Crippen LogP contribution in [-0.4, -0.2) is 44.1 Å². The van der Waals surface area contributed by atoms with Crippen LogP contribution in [0, 0.1) is 0 Å². The minimum Gasteiger partial charge on any atom is -0.406 e. The average molecular weight is 406 g/mol. The number of rotatable bonds is 5. The van der Waals surface area contributed by atoms with Gasteiger partial charge in [0.2, 0.25) is 11.7 Å². The molecule has 3 heterocycles. The maximum Gasteiger partial charge on any atom is 0.573 e. The maximum atomic E-state index is 12.3. The van der Waals surface area contributed by atoms with Crippen LogP contribution in [0.1, 0.15) is 24.0 Å². The molecule has 0 amide bonds. The van der Waals surface area contributed by atoms with Gasteiger partial charge >= 0.3 is 6.36 Å². The summed E-state index contributed by atoms with van der Waals surface area (Å²) in [7, 11) is 0. The van der Waals surface area contributed by atoms with Gasteiger partial charge in [-0.3, -0.25) is 9.88 Å². The van der Waals surface area contributed by atoms with Crippen molar-refractivity contribution in [3.63, 3.8) is 0 Å². The first kappa shape index (κ1) is 19.3. The molecule has 4 rings (SSSR count). The molecule has 0 saturated carbocycles. The normalized spacial score (nSPS) is 20.1. The van der Waals surface area contributed by atoms with Crippen molar-refractivity contribution in [1.29, 1.82) is 0 Å². The zero-order chi connectivity index (χ0) is 20.4. The van der Waals surface area contributed by atoms with Crippen molar-refractivity contribution in [1.82, 2.24) is 20.0 Å². The summed E-state index contributed by atoms with van der Waals surface area (Å²) in [5.74, 6) is 0.256. The predicted molar refractivity (Wildman–Crippen MR) is 94.4 cm³/mol. The number of benzene rings is 1. The number of β-amino-alcohol motifs (C(OH)–C–C–N with tert-alkyl or cyclic N) is 1. The molecule has 2 aromatic heterocycles. The fourth-order valence-corrected chi connectivity index (χ4v) is 3.30. The zero-order valence-electron chi connectivity index (χ0n) is 15.1. The molecular weight excluding hydrogens is 389 g/mol. The molecule has 1 saturated heterocycles. The molecule has 0 unspecified atom stereocenters. The summed E-state index contributed by atoms with van der Waals surface area (Å²) in [5, 5.41) is 14.0. The van der Waals surface area contributed by atoms with E-state index in [2.05, 4.69) is 19.9 Å². The van der Waals surface area contributed by atoms with E-state index in [9.17, 15) is 18.3 Å². The van der Waals surface area contributed by atoms with Gasteiger partial charge in [0.05, 0.1) is 17.8 Å². The number of pyridine rings is 1. The fourth-order valence-electron chi connectivity index (χ4n) is 3.30. The van der Waals surface area contributed by atoms with Crippen molar-refractivity contribution in [3.05, 3.63) is 60.2 Å². The maximum absolute atomic E-state index is 12.3. The van der Waals surface area contributed by atoms with E-state index < -0.39 is 12.5 Å². The third-order valence-electron chi connectivity index (χ3n) is 4.55. The lowest BCUT2D eigenvalue weighted by Crippen LogP contribution is -2.25. The van der Waals surface area contributed by atoms with Crippen LogP contribution in [0.4, 0.5) is 13.2 Å². The Balaban J connectivity index is 1.50. The van der Waals surface area contributed by atoms with Gasteiger partial charge in [-0.25, -0.2) is 0 Å². The van der Waals surface area contributed by atoms with Crippen LogP contribution in [0.25, 0.3) is 11.4 Å². The third kappa shape index (κ3) is 4.72. The minimum absolute atomic E-state index is 0.248. The van der Waals surface area contributed by atoms with Crippen LogP contribution in [0.15, 0.2) is 53.2 Å². The van der Waals surface area contributed by atoms with E-state index in [0.717, 1.165) is 5.69 Å². The highest BCUT2D eigenvalue weighted by molar-refractivity contribution is 5.55. The van der Waals surface area contributed by atoms with Crippen LogP contribution in [0.3, 0.4) is 0 Å². The average Bonchev–Trinajstić information content (AvgIpc) is 3.29. The summed E-state index contributed by atoms with van der Waals surface area (Å²) in [6, 6.07) is 10.6. The van der Waals surface area contributed by atoms with Crippen molar-refractivity contribution in [3.8, 4) is 17.1 Å². The molecule has 2 atom stereocenters. The SMILES string of the molecule is O[C@@H]1C[C@@H](c2nc(-c3ccc(OC(F)(F)F)cc3)no2)N(Cc2ccccn2)C1. The largest absolute Gasteiger partial charge is 0.573 e. The number of ether oxygens (including phenoxy) is 1. The number of alkyl halides is 3. The Hall–Kier alpha value is -2.98.